The fourth-order valence-electron chi connectivity index (χ4n) is 4.06. The van der Waals surface area contributed by atoms with Crippen molar-refractivity contribution in [2.45, 2.75) is 31.1 Å². The van der Waals surface area contributed by atoms with Crippen LogP contribution in [0, 0.1) is 0 Å². The number of Topliss-reactive ketones (excluding diaryl/α,β-unsaturated/α-hetero) is 1. The van der Waals surface area contributed by atoms with Crippen molar-refractivity contribution in [2.75, 3.05) is 7.11 Å². The lowest BCUT2D eigenvalue weighted by Gasteiger charge is -2.34. The monoisotopic (exact) mass is 363 g/mol. The van der Waals surface area contributed by atoms with Crippen LogP contribution in [0.5, 0.6) is 11.5 Å². The van der Waals surface area contributed by atoms with E-state index in [2.05, 4.69) is 5.32 Å². The predicted molar refractivity (Wildman–Crippen MR) is 101 cm³/mol. The molecule has 0 fully saturated rings. The zero-order chi connectivity index (χ0) is 19.0. The van der Waals surface area contributed by atoms with Crippen LogP contribution in [0.15, 0.2) is 59.8 Å². The molecule has 0 saturated carbocycles. The van der Waals surface area contributed by atoms with Gasteiger partial charge >= 0.3 is 0 Å². The molecule has 1 aliphatic carbocycles. The molecule has 2 N–H and O–H groups in total. The predicted octanol–water partition coefficient (Wildman–Crippen LogP) is 3.41. The number of carbonyl (C=O) groups excluding carboxylic acids is 2. The van der Waals surface area contributed by atoms with Gasteiger partial charge in [-0.15, -0.1) is 0 Å². The third-order valence-corrected chi connectivity index (χ3v) is 5.42. The molecule has 0 bridgehead atoms. The van der Waals surface area contributed by atoms with Gasteiger partial charge in [-0.1, -0.05) is 24.3 Å². The summed E-state index contributed by atoms with van der Waals surface area (Å²) in [7, 11) is 1.62. The minimum atomic E-state index is -0.251. The smallest absolute Gasteiger partial charge is 0.225 e. The van der Waals surface area contributed by atoms with E-state index in [4.69, 9.17) is 4.74 Å². The largest absolute Gasteiger partial charge is 0.508 e. The Morgan fingerprint density at radius 3 is 2.26 bits per heavy atom. The summed E-state index contributed by atoms with van der Waals surface area (Å²) in [4.78, 5) is 25.3. The Hall–Kier alpha value is -3.08. The third-order valence-electron chi connectivity index (χ3n) is 5.42. The van der Waals surface area contributed by atoms with Crippen molar-refractivity contribution in [3.05, 3.63) is 70.9 Å². The number of rotatable bonds is 3. The second-order valence-electron chi connectivity index (χ2n) is 7.09. The summed E-state index contributed by atoms with van der Waals surface area (Å²) >= 11 is 0. The van der Waals surface area contributed by atoms with Crippen molar-refractivity contribution in [3.8, 4) is 11.5 Å². The summed E-state index contributed by atoms with van der Waals surface area (Å²) in [5.41, 5.74) is 3.40. The van der Waals surface area contributed by atoms with Crippen molar-refractivity contribution < 1.29 is 19.4 Å². The maximum absolute atomic E-state index is 13.0. The Kier molecular flexibility index (Phi) is 4.44. The van der Waals surface area contributed by atoms with E-state index in [1.807, 2.05) is 24.3 Å². The molecule has 2 aliphatic rings. The zero-order valence-corrected chi connectivity index (χ0v) is 15.1. The molecule has 27 heavy (non-hydrogen) atoms. The van der Waals surface area contributed by atoms with Gasteiger partial charge in [0.2, 0.25) is 5.91 Å². The first-order chi connectivity index (χ1) is 13.0. The highest BCUT2D eigenvalue weighted by Crippen LogP contribution is 2.42. The topological polar surface area (TPSA) is 75.6 Å². The van der Waals surface area contributed by atoms with Crippen molar-refractivity contribution >= 4 is 11.7 Å². The van der Waals surface area contributed by atoms with Gasteiger partial charge in [-0.25, -0.2) is 0 Å². The number of phenolic OH excluding ortho intramolecular Hbond substituents is 1. The van der Waals surface area contributed by atoms with Gasteiger partial charge in [-0.3, -0.25) is 9.59 Å². The molecule has 0 spiro atoms. The van der Waals surface area contributed by atoms with Crippen molar-refractivity contribution in [3.63, 3.8) is 0 Å². The van der Waals surface area contributed by atoms with E-state index < -0.39 is 0 Å². The van der Waals surface area contributed by atoms with Gasteiger partial charge in [0.1, 0.15) is 11.5 Å². The van der Waals surface area contributed by atoms with E-state index in [1.165, 1.54) is 0 Å². The van der Waals surface area contributed by atoms with Crippen LogP contribution in [0.1, 0.15) is 42.2 Å². The highest BCUT2D eigenvalue weighted by atomic mass is 16.5. The maximum atomic E-state index is 13.0. The van der Waals surface area contributed by atoms with Gasteiger partial charge in [0.25, 0.3) is 0 Å². The number of hydrogen-bond acceptors (Lipinski definition) is 4. The SMILES string of the molecule is COc1ccc([C@@H]2CC(=O)C3=C(C2)NC(=O)C[C@H]3c2ccc(O)cc2)cc1. The van der Waals surface area contributed by atoms with E-state index >= 15 is 0 Å². The van der Waals surface area contributed by atoms with Crippen molar-refractivity contribution in [1.29, 1.82) is 0 Å². The Balaban J connectivity index is 1.67. The Morgan fingerprint density at radius 2 is 1.59 bits per heavy atom. The molecule has 2 aromatic carbocycles. The van der Waals surface area contributed by atoms with Crippen LogP contribution in [0.4, 0.5) is 0 Å². The first-order valence-electron chi connectivity index (χ1n) is 9.04. The number of nitrogens with one attached hydrogen (secondary N) is 1. The fourth-order valence-corrected chi connectivity index (χ4v) is 4.06. The molecule has 0 unspecified atom stereocenters. The molecule has 1 heterocycles. The summed E-state index contributed by atoms with van der Waals surface area (Å²) in [5.74, 6) is 0.742. The highest BCUT2D eigenvalue weighted by Gasteiger charge is 2.38. The van der Waals surface area contributed by atoms with E-state index in [-0.39, 0.29) is 35.7 Å². The fraction of sp³-hybridized carbons (Fsp3) is 0.273. The number of aromatic hydroxyl groups is 1. The number of phenols is 1. The number of benzene rings is 2. The van der Waals surface area contributed by atoms with E-state index in [1.54, 1.807) is 31.4 Å². The lowest BCUT2D eigenvalue weighted by atomic mass is 9.73. The number of ether oxygens (including phenoxy) is 1. The van der Waals surface area contributed by atoms with Gasteiger partial charge in [0, 0.05) is 30.0 Å². The second kappa shape index (κ2) is 6.91. The molecule has 1 aliphatic heterocycles. The van der Waals surface area contributed by atoms with Gasteiger partial charge in [0.05, 0.1) is 7.11 Å². The number of hydrogen-bond donors (Lipinski definition) is 2. The van der Waals surface area contributed by atoms with Gasteiger partial charge in [-0.2, -0.15) is 0 Å². The lowest BCUT2D eigenvalue weighted by molar-refractivity contribution is -0.122. The number of carbonyl (C=O) groups is 2. The van der Waals surface area contributed by atoms with Gasteiger partial charge in [0.15, 0.2) is 5.78 Å². The van der Waals surface area contributed by atoms with Crippen LogP contribution in [0.2, 0.25) is 0 Å². The summed E-state index contributed by atoms with van der Waals surface area (Å²) in [6.07, 6.45) is 1.31. The van der Waals surface area contributed by atoms with Crippen LogP contribution in [-0.4, -0.2) is 23.9 Å². The summed E-state index contributed by atoms with van der Waals surface area (Å²) < 4.78 is 5.20. The molecule has 2 aromatic rings. The van der Waals surface area contributed by atoms with Gasteiger partial charge in [-0.05, 0) is 47.7 Å². The molecule has 0 radical (unpaired) electrons. The molecule has 5 heteroatoms. The van der Waals surface area contributed by atoms with Crippen LogP contribution >= 0.6 is 0 Å². The summed E-state index contributed by atoms with van der Waals surface area (Å²) in [5, 5.41) is 12.5. The number of allylic oxidation sites excluding steroid dienone is 2. The number of methoxy groups -OCH3 is 1. The van der Waals surface area contributed by atoms with E-state index in [0.29, 0.717) is 18.4 Å². The van der Waals surface area contributed by atoms with Gasteiger partial charge < -0.3 is 15.2 Å². The summed E-state index contributed by atoms with van der Waals surface area (Å²) in [6, 6.07) is 14.5. The molecule has 138 valence electrons. The highest BCUT2D eigenvalue weighted by molar-refractivity contribution is 6.02. The van der Waals surface area contributed by atoms with Crippen LogP contribution in [0.3, 0.4) is 0 Å². The van der Waals surface area contributed by atoms with E-state index in [9.17, 15) is 14.7 Å². The molecule has 5 nitrogen and oxygen atoms in total. The molecule has 4 rings (SSSR count). The Labute approximate surface area is 157 Å². The Morgan fingerprint density at radius 1 is 0.926 bits per heavy atom. The average Bonchev–Trinajstić information content (AvgIpc) is 2.67. The first kappa shape index (κ1) is 17.3. The molecular formula is C22H21NO4. The molecule has 2 atom stereocenters. The average molecular weight is 363 g/mol. The van der Waals surface area contributed by atoms with Crippen LogP contribution in [-0.2, 0) is 9.59 Å². The summed E-state index contributed by atoms with van der Waals surface area (Å²) in [6.45, 7) is 0. The first-order valence-corrected chi connectivity index (χ1v) is 9.04. The molecule has 0 aromatic heterocycles. The van der Waals surface area contributed by atoms with Crippen molar-refractivity contribution in [2.24, 2.45) is 0 Å². The van der Waals surface area contributed by atoms with Crippen LogP contribution < -0.4 is 10.1 Å². The molecule has 0 saturated heterocycles. The number of ketones is 1. The zero-order valence-electron chi connectivity index (χ0n) is 15.1. The minimum absolute atomic E-state index is 0.0426. The standard InChI is InChI=1S/C22H21NO4/c1-27-17-8-4-13(5-9-17)15-10-19-22(20(25)11-15)18(12-21(26)23-19)14-2-6-16(24)7-3-14/h2-9,15,18,24H,10-12H2,1H3,(H,23,26)/t15-,18-/m0/s1. The molecule has 1 amide bonds. The van der Waals surface area contributed by atoms with E-state index in [0.717, 1.165) is 22.6 Å². The number of amides is 1. The maximum Gasteiger partial charge on any atom is 0.225 e. The minimum Gasteiger partial charge on any atom is -0.508 e. The molecular weight excluding hydrogens is 342 g/mol. The van der Waals surface area contributed by atoms with Crippen molar-refractivity contribution in [1.82, 2.24) is 5.32 Å². The quantitative estimate of drug-likeness (QED) is 0.876. The second-order valence-corrected chi connectivity index (χ2v) is 7.09. The lowest BCUT2D eigenvalue weighted by Crippen LogP contribution is -2.38. The van der Waals surface area contributed by atoms with Crippen LogP contribution in [0.25, 0.3) is 0 Å². The normalized spacial score (nSPS) is 22.3. The Bertz CT molecular complexity index is 912. The third kappa shape index (κ3) is 3.33.